The van der Waals surface area contributed by atoms with Crippen molar-refractivity contribution in [1.29, 1.82) is 5.26 Å². The Hall–Kier alpha value is -4.89. The van der Waals surface area contributed by atoms with E-state index in [-0.39, 0.29) is 18.9 Å². The van der Waals surface area contributed by atoms with E-state index in [9.17, 15) is 4.79 Å². The van der Waals surface area contributed by atoms with Gasteiger partial charge in [0.15, 0.2) is 0 Å². The Kier molecular flexibility index (Phi) is 6.92. The SMILES string of the molecule is COc1cnc2c(-c3nc4c(C)cc(OCCOC(=O)Nc5ccc(C#N)nc5)nc4s3)cc(C)cc2n1. The van der Waals surface area contributed by atoms with E-state index >= 15 is 0 Å². The van der Waals surface area contributed by atoms with E-state index in [2.05, 4.69) is 25.3 Å². The van der Waals surface area contributed by atoms with Gasteiger partial charge in [-0.15, -0.1) is 0 Å². The minimum atomic E-state index is -0.655. The number of carbonyl (C=O) groups excluding carboxylic acids is 1. The number of amides is 1. The number of anilines is 1. The first-order valence-electron chi connectivity index (χ1n) is 11.5. The lowest BCUT2D eigenvalue weighted by Gasteiger charge is -2.08. The number of hydrogen-bond donors (Lipinski definition) is 1. The normalized spacial score (nSPS) is 10.8. The Morgan fingerprint density at radius 1 is 1.03 bits per heavy atom. The van der Waals surface area contributed by atoms with Crippen LogP contribution >= 0.6 is 11.3 Å². The van der Waals surface area contributed by atoms with Crippen LogP contribution in [0.1, 0.15) is 16.8 Å². The van der Waals surface area contributed by atoms with E-state index in [1.165, 1.54) is 23.6 Å². The van der Waals surface area contributed by atoms with Gasteiger partial charge in [0.05, 0.1) is 36.2 Å². The summed E-state index contributed by atoms with van der Waals surface area (Å²) in [6.07, 6.45) is 2.32. The van der Waals surface area contributed by atoms with Crippen molar-refractivity contribution >= 4 is 44.5 Å². The molecule has 4 heterocycles. The van der Waals surface area contributed by atoms with Crippen LogP contribution in [-0.4, -0.2) is 51.3 Å². The van der Waals surface area contributed by atoms with E-state index in [4.69, 9.17) is 24.5 Å². The molecule has 1 amide bonds. The molecule has 11 nitrogen and oxygen atoms in total. The first-order valence-corrected chi connectivity index (χ1v) is 12.3. The van der Waals surface area contributed by atoms with E-state index in [0.717, 1.165) is 43.1 Å². The molecule has 0 spiro atoms. The molecule has 0 saturated heterocycles. The Morgan fingerprint density at radius 2 is 1.89 bits per heavy atom. The van der Waals surface area contributed by atoms with Gasteiger partial charge in [0.2, 0.25) is 11.8 Å². The van der Waals surface area contributed by atoms with Crippen molar-refractivity contribution in [3.05, 3.63) is 59.5 Å². The van der Waals surface area contributed by atoms with Gasteiger partial charge in [-0.3, -0.25) is 5.32 Å². The van der Waals surface area contributed by atoms with Crippen molar-refractivity contribution < 1.29 is 19.0 Å². The van der Waals surface area contributed by atoms with Crippen molar-refractivity contribution in [1.82, 2.24) is 24.9 Å². The zero-order valence-electron chi connectivity index (χ0n) is 20.7. The Labute approximate surface area is 221 Å². The Bertz CT molecular complexity index is 1700. The summed E-state index contributed by atoms with van der Waals surface area (Å²) in [5.41, 5.74) is 5.73. The summed E-state index contributed by atoms with van der Waals surface area (Å²) in [7, 11) is 1.56. The van der Waals surface area contributed by atoms with Crippen molar-refractivity contribution in [3.8, 4) is 28.4 Å². The van der Waals surface area contributed by atoms with E-state index in [0.29, 0.717) is 17.4 Å². The fourth-order valence-electron chi connectivity index (χ4n) is 3.70. The monoisotopic (exact) mass is 527 g/mol. The highest BCUT2D eigenvalue weighted by Crippen LogP contribution is 2.36. The standard InChI is InChI=1S/C26H21N7O4S/c1-14-8-18(23-19(9-14)31-21(35-3)13-29-23)24-33-22-15(2)10-20(32-25(22)38-24)36-6-7-37-26(34)30-17-5-4-16(11-27)28-12-17/h4-5,8-10,12-13H,6-7H2,1-3H3,(H,30,34). The van der Waals surface area contributed by atoms with Crippen LogP contribution in [0.15, 0.2) is 42.7 Å². The number of nitrogens with zero attached hydrogens (tertiary/aromatic N) is 6. The molecule has 0 aliphatic rings. The first kappa shape index (κ1) is 24.8. The van der Waals surface area contributed by atoms with Crippen molar-refractivity contribution in [2.24, 2.45) is 0 Å². The molecular formula is C26H21N7O4S. The maximum Gasteiger partial charge on any atom is 0.411 e. The molecular weight excluding hydrogens is 506 g/mol. The fraction of sp³-hybridized carbons (Fsp3) is 0.192. The number of methoxy groups -OCH3 is 1. The maximum absolute atomic E-state index is 12.0. The molecule has 0 bridgehead atoms. The van der Waals surface area contributed by atoms with Gasteiger partial charge < -0.3 is 14.2 Å². The van der Waals surface area contributed by atoms with Gasteiger partial charge in [-0.1, -0.05) is 11.3 Å². The molecule has 1 aromatic carbocycles. The zero-order chi connectivity index (χ0) is 26.6. The van der Waals surface area contributed by atoms with Crippen molar-refractivity contribution in [3.63, 3.8) is 0 Å². The second kappa shape index (κ2) is 10.6. The number of aromatic nitrogens is 5. The highest BCUT2D eigenvalue weighted by atomic mass is 32.1. The van der Waals surface area contributed by atoms with Crippen LogP contribution in [0.5, 0.6) is 11.8 Å². The van der Waals surface area contributed by atoms with Crippen LogP contribution in [0, 0.1) is 25.2 Å². The smallest absolute Gasteiger partial charge is 0.411 e. The summed E-state index contributed by atoms with van der Waals surface area (Å²) >= 11 is 1.44. The molecule has 4 aromatic heterocycles. The Morgan fingerprint density at radius 3 is 2.66 bits per heavy atom. The third kappa shape index (κ3) is 5.28. The molecule has 0 atom stereocenters. The number of hydrogen-bond acceptors (Lipinski definition) is 11. The summed E-state index contributed by atoms with van der Waals surface area (Å²) in [6.45, 7) is 4.06. The number of benzene rings is 1. The van der Waals surface area contributed by atoms with E-state index in [1.54, 1.807) is 25.4 Å². The highest BCUT2D eigenvalue weighted by Gasteiger charge is 2.16. The minimum Gasteiger partial charge on any atom is -0.480 e. The second-order valence-electron chi connectivity index (χ2n) is 8.20. The molecule has 0 aliphatic carbocycles. The first-order chi connectivity index (χ1) is 18.4. The number of aryl methyl sites for hydroxylation is 2. The molecule has 0 aliphatic heterocycles. The number of nitrogens with one attached hydrogen (secondary N) is 1. The Balaban J connectivity index is 1.27. The van der Waals surface area contributed by atoms with Crippen LogP contribution in [0.2, 0.25) is 0 Å². The summed E-state index contributed by atoms with van der Waals surface area (Å²) in [4.78, 5) is 35.1. The van der Waals surface area contributed by atoms with Gasteiger partial charge >= 0.3 is 6.09 Å². The van der Waals surface area contributed by atoms with Crippen LogP contribution in [0.3, 0.4) is 0 Å². The molecule has 1 N–H and O–H groups in total. The molecule has 38 heavy (non-hydrogen) atoms. The molecule has 0 unspecified atom stereocenters. The number of carbonyl (C=O) groups is 1. The number of fused-ring (bicyclic) bond motifs is 2. The molecule has 12 heteroatoms. The average molecular weight is 528 g/mol. The second-order valence-corrected chi connectivity index (χ2v) is 9.17. The van der Waals surface area contributed by atoms with Crippen LogP contribution in [0.25, 0.3) is 32.0 Å². The largest absolute Gasteiger partial charge is 0.480 e. The third-order valence-corrected chi connectivity index (χ3v) is 6.42. The van der Waals surface area contributed by atoms with Gasteiger partial charge in [-0.2, -0.15) is 5.26 Å². The highest BCUT2D eigenvalue weighted by molar-refractivity contribution is 7.21. The topological polar surface area (TPSA) is 145 Å². The summed E-state index contributed by atoms with van der Waals surface area (Å²) in [5.74, 6) is 0.856. The summed E-state index contributed by atoms with van der Waals surface area (Å²) < 4.78 is 16.1. The molecule has 0 radical (unpaired) electrons. The maximum atomic E-state index is 12.0. The van der Waals surface area contributed by atoms with Gasteiger partial charge in [0.25, 0.3) is 0 Å². The summed E-state index contributed by atoms with van der Waals surface area (Å²) in [6, 6.07) is 10.8. The van der Waals surface area contributed by atoms with Crippen molar-refractivity contribution in [2.75, 3.05) is 25.6 Å². The van der Waals surface area contributed by atoms with E-state index in [1.807, 2.05) is 32.0 Å². The van der Waals surface area contributed by atoms with Gasteiger partial charge in [0, 0.05) is 11.6 Å². The zero-order valence-corrected chi connectivity index (χ0v) is 21.5. The minimum absolute atomic E-state index is 0.0136. The molecule has 190 valence electrons. The predicted molar refractivity (Wildman–Crippen MR) is 141 cm³/mol. The van der Waals surface area contributed by atoms with Crippen LogP contribution < -0.4 is 14.8 Å². The van der Waals surface area contributed by atoms with Gasteiger partial charge in [-0.25, -0.2) is 29.7 Å². The number of rotatable bonds is 7. The van der Waals surface area contributed by atoms with Gasteiger partial charge in [0.1, 0.15) is 40.3 Å². The number of nitriles is 1. The summed E-state index contributed by atoms with van der Waals surface area (Å²) in [5, 5.41) is 12.1. The quantitative estimate of drug-likeness (QED) is 0.292. The average Bonchev–Trinajstić information content (AvgIpc) is 3.35. The molecule has 0 fully saturated rings. The van der Waals surface area contributed by atoms with Gasteiger partial charge in [-0.05, 0) is 49.2 Å². The van der Waals surface area contributed by atoms with Crippen molar-refractivity contribution in [2.45, 2.75) is 13.8 Å². The predicted octanol–water partition coefficient (Wildman–Crippen LogP) is 4.82. The lowest BCUT2D eigenvalue weighted by Crippen LogP contribution is -2.18. The number of ether oxygens (including phenoxy) is 3. The molecule has 0 saturated carbocycles. The number of thiazole rings is 1. The van der Waals surface area contributed by atoms with Crippen LogP contribution in [-0.2, 0) is 4.74 Å². The lowest BCUT2D eigenvalue weighted by atomic mass is 10.1. The lowest BCUT2D eigenvalue weighted by molar-refractivity contribution is 0.136. The molecule has 5 rings (SSSR count). The fourth-order valence-corrected chi connectivity index (χ4v) is 4.72. The molecule has 5 aromatic rings. The third-order valence-electron chi connectivity index (χ3n) is 5.43. The number of pyridine rings is 2. The van der Waals surface area contributed by atoms with E-state index < -0.39 is 6.09 Å². The van der Waals surface area contributed by atoms with Crippen LogP contribution in [0.4, 0.5) is 10.5 Å².